The van der Waals surface area contributed by atoms with Crippen molar-refractivity contribution in [3.05, 3.63) is 71.5 Å². The van der Waals surface area contributed by atoms with Crippen LogP contribution in [0.5, 0.6) is 5.75 Å². The lowest BCUT2D eigenvalue weighted by Crippen LogP contribution is -2.62. The Balaban J connectivity index is 1.33. The second-order valence-corrected chi connectivity index (χ2v) is 18.1. The van der Waals surface area contributed by atoms with E-state index in [-0.39, 0.29) is 44.3 Å². The van der Waals surface area contributed by atoms with Crippen molar-refractivity contribution in [3.63, 3.8) is 0 Å². The van der Waals surface area contributed by atoms with Crippen molar-refractivity contribution in [1.29, 1.82) is 0 Å². The average molecular weight is 854 g/mol. The van der Waals surface area contributed by atoms with E-state index < -0.39 is 59.3 Å². The number of nitrogens with zero attached hydrogens (tertiary/aromatic N) is 4. The van der Waals surface area contributed by atoms with Gasteiger partial charge in [-0.3, -0.25) is 29.2 Å². The largest absolute Gasteiger partial charge is 0.508 e. The normalized spacial score (nSPS) is 22.3. The van der Waals surface area contributed by atoms with Crippen molar-refractivity contribution in [1.82, 2.24) is 35.5 Å². The van der Waals surface area contributed by atoms with E-state index in [1.807, 2.05) is 24.4 Å². The van der Waals surface area contributed by atoms with Crippen LogP contribution in [0.1, 0.15) is 64.2 Å². The Morgan fingerprint density at radius 3 is 2.63 bits per heavy atom. The number of phenolic OH excluding ortho intramolecular Hbond substituents is 1. The van der Waals surface area contributed by atoms with Crippen LogP contribution < -0.4 is 16.1 Å². The van der Waals surface area contributed by atoms with Crippen LogP contribution in [0.25, 0.3) is 33.3 Å². The summed E-state index contributed by atoms with van der Waals surface area (Å²) in [6.07, 6.45) is 3.70. The Bertz CT molecular complexity index is 2330. The molecule has 4 aromatic rings. The van der Waals surface area contributed by atoms with Crippen LogP contribution in [-0.4, -0.2) is 113 Å². The Hall–Kier alpha value is -5.38. The number of fused-ring (bicyclic) bond motifs is 6. The van der Waals surface area contributed by atoms with E-state index in [0.29, 0.717) is 43.5 Å². The molecule has 1 unspecified atom stereocenters. The summed E-state index contributed by atoms with van der Waals surface area (Å²) in [5.41, 5.74) is 9.65. The van der Waals surface area contributed by atoms with Crippen molar-refractivity contribution in [2.24, 2.45) is 17.3 Å². The molecule has 14 nitrogen and oxygen atoms in total. The molecule has 3 amide bonds. The molecule has 3 aliphatic rings. The summed E-state index contributed by atoms with van der Waals surface area (Å²) in [5.74, 6) is -3.40. The maximum atomic E-state index is 14.7. The number of hydrogen-bond donors (Lipinski definition) is 4. The highest BCUT2D eigenvalue weighted by atomic mass is 19.1. The summed E-state index contributed by atoms with van der Waals surface area (Å²) in [6.45, 7) is 11.5. The van der Waals surface area contributed by atoms with Gasteiger partial charge in [-0.05, 0) is 90.3 Å². The molecule has 5 heterocycles. The second-order valence-electron chi connectivity index (χ2n) is 18.1. The van der Waals surface area contributed by atoms with E-state index in [1.54, 1.807) is 39.3 Å². The molecule has 332 valence electrons. The smallest absolute Gasteiger partial charge is 0.324 e. The van der Waals surface area contributed by atoms with Gasteiger partial charge in [-0.25, -0.2) is 9.82 Å². The van der Waals surface area contributed by atoms with E-state index in [0.717, 1.165) is 38.9 Å². The van der Waals surface area contributed by atoms with E-state index in [4.69, 9.17) is 9.47 Å². The van der Waals surface area contributed by atoms with Gasteiger partial charge in [0.25, 0.3) is 5.91 Å². The lowest BCUT2D eigenvalue weighted by Gasteiger charge is -2.37. The molecule has 2 aromatic heterocycles. The van der Waals surface area contributed by atoms with Gasteiger partial charge in [0.2, 0.25) is 11.8 Å². The number of carbonyl (C=O) groups excluding carboxylic acids is 4. The first kappa shape index (κ1) is 44.7. The van der Waals surface area contributed by atoms with Crippen LogP contribution in [0, 0.1) is 17.3 Å². The third-order valence-corrected chi connectivity index (χ3v) is 12.4. The number of halogens is 1. The molecular formula is C47H60FN7O7. The van der Waals surface area contributed by atoms with Crippen LogP contribution in [-0.2, 0) is 54.6 Å². The number of esters is 1. The lowest BCUT2D eigenvalue weighted by molar-refractivity contribution is -0.155. The number of methoxy groups -OCH3 is 1. The zero-order chi connectivity index (χ0) is 44.5. The quantitative estimate of drug-likeness (QED) is 0.170. The fourth-order valence-corrected chi connectivity index (χ4v) is 9.40. The van der Waals surface area contributed by atoms with Crippen LogP contribution >= 0.6 is 0 Å². The number of aryl methyl sites for hydroxylation is 1. The van der Waals surface area contributed by atoms with Crippen molar-refractivity contribution in [3.8, 4) is 28.1 Å². The van der Waals surface area contributed by atoms with Gasteiger partial charge in [-0.2, -0.15) is 0 Å². The number of aromatic hydroxyl groups is 1. The molecule has 2 saturated heterocycles. The van der Waals surface area contributed by atoms with Gasteiger partial charge in [0.05, 0.1) is 24.8 Å². The highest BCUT2D eigenvalue weighted by Gasteiger charge is 2.41. The Labute approximate surface area is 362 Å². The number of phenols is 1. The zero-order valence-electron chi connectivity index (χ0n) is 36.8. The van der Waals surface area contributed by atoms with Gasteiger partial charge >= 0.3 is 5.97 Å². The summed E-state index contributed by atoms with van der Waals surface area (Å²) < 4.78 is 28.7. The highest BCUT2D eigenvalue weighted by molar-refractivity contribution is 5.96. The predicted octanol–water partition coefficient (Wildman–Crippen LogP) is 4.93. The van der Waals surface area contributed by atoms with Crippen molar-refractivity contribution < 1.29 is 38.1 Å². The number of benzene rings is 2. The molecule has 62 heavy (non-hydrogen) atoms. The lowest BCUT2D eigenvalue weighted by atomic mass is 9.84. The molecule has 5 atom stereocenters. The number of hydrogen-bond acceptors (Lipinski definition) is 10. The minimum atomic E-state index is -1.38. The fourth-order valence-electron chi connectivity index (χ4n) is 9.40. The highest BCUT2D eigenvalue weighted by Crippen LogP contribution is 2.41. The van der Waals surface area contributed by atoms with Crippen LogP contribution in [0.3, 0.4) is 0 Å². The minimum absolute atomic E-state index is 0.0208. The number of likely N-dealkylation sites (N-methyl/N-ethyl adjacent to an activating group) is 1. The molecular weight excluding hydrogens is 794 g/mol. The molecule has 6 bridgehead atoms. The summed E-state index contributed by atoms with van der Waals surface area (Å²) in [5, 5.41) is 19.4. The molecule has 0 spiro atoms. The van der Waals surface area contributed by atoms with Gasteiger partial charge in [0, 0.05) is 81.0 Å². The molecule has 4 N–H and O–H groups in total. The Kier molecular flexibility index (Phi) is 13.4. The first-order chi connectivity index (χ1) is 29.6. The van der Waals surface area contributed by atoms with Crippen LogP contribution in [0.15, 0.2) is 54.9 Å². The summed E-state index contributed by atoms with van der Waals surface area (Å²) in [4.78, 5) is 62.1. The second kappa shape index (κ2) is 18.5. The molecule has 3 aliphatic heterocycles. The van der Waals surface area contributed by atoms with Gasteiger partial charge in [-0.1, -0.05) is 39.8 Å². The number of aromatic nitrogens is 2. The van der Waals surface area contributed by atoms with Crippen molar-refractivity contribution >= 4 is 34.6 Å². The number of nitrogens with one attached hydrogen (secondary N) is 3. The molecule has 7 rings (SSSR count). The number of cyclic esters (lactones) is 1. The molecule has 15 heteroatoms. The maximum absolute atomic E-state index is 14.7. The first-order valence-corrected chi connectivity index (χ1v) is 21.7. The number of pyridine rings is 1. The average Bonchev–Trinajstić information content (AvgIpc) is 3.81. The number of rotatable bonds is 9. The van der Waals surface area contributed by atoms with Gasteiger partial charge < -0.3 is 34.7 Å². The van der Waals surface area contributed by atoms with Crippen molar-refractivity contribution in [2.45, 2.75) is 97.8 Å². The van der Waals surface area contributed by atoms with Gasteiger partial charge in [-0.15, -0.1) is 0 Å². The zero-order valence-corrected chi connectivity index (χ0v) is 36.8. The van der Waals surface area contributed by atoms with Crippen molar-refractivity contribution in [2.75, 3.05) is 40.4 Å². The molecule has 2 aromatic carbocycles. The van der Waals surface area contributed by atoms with E-state index >= 15 is 0 Å². The maximum Gasteiger partial charge on any atom is 0.324 e. The summed E-state index contributed by atoms with van der Waals surface area (Å²) in [6, 6.07) is 10.3. The summed E-state index contributed by atoms with van der Waals surface area (Å²) in [7, 11) is 3.16. The topological polar surface area (TPSA) is 167 Å². The molecule has 2 fully saturated rings. The monoisotopic (exact) mass is 853 g/mol. The number of alkyl halides is 1. The Morgan fingerprint density at radius 1 is 1.13 bits per heavy atom. The number of hydrazine groups is 1. The SMILES string of the molecule is CCn1c(-c2cnccc2COC)c2c3cc(ccc31)-c1cc(O)cc(c1)CC(NC(=O)[C@H](C(C)C)N(C)C(=O)[C@@H]1CNC[C@@H]1F)C(=O)N1CCC[C@H](N1)C(=O)OCC(C)(C)C2. The Morgan fingerprint density at radius 2 is 1.92 bits per heavy atom. The third kappa shape index (κ3) is 9.20. The van der Waals surface area contributed by atoms with E-state index in [2.05, 4.69) is 58.5 Å². The van der Waals surface area contributed by atoms with Crippen LogP contribution in [0.4, 0.5) is 4.39 Å². The number of amides is 3. The number of ether oxygens (including phenoxy) is 2. The van der Waals surface area contributed by atoms with E-state index in [1.165, 1.54) is 17.0 Å². The molecule has 0 aliphatic carbocycles. The van der Waals surface area contributed by atoms with E-state index in [9.17, 15) is 28.7 Å². The standard InChI is InChI=1S/C47H60FN7O7/c1-8-54-40-12-11-29-20-33(40)34(42(54)35-22-49-14-13-30(35)25-61-7)21-47(4,5)26-62-46(60)38-10-9-15-55(52-38)45(59)39(18-28-16-31(29)19-32(56)17-28)51-43(57)41(27(2)3)53(6)44(58)36-23-50-24-37(36)48/h11-14,16-17,19-20,22,27,36-39,41,50,52,56H,8-10,15,18,21,23-26H2,1-7H3,(H,51,57)/t36-,37+,38+,39?,41+/m1/s1. The van der Waals surface area contributed by atoms with Gasteiger partial charge in [0.15, 0.2) is 0 Å². The van der Waals surface area contributed by atoms with Gasteiger partial charge in [0.1, 0.15) is 30.0 Å². The number of carbonyl (C=O) groups is 4. The summed E-state index contributed by atoms with van der Waals surface area (Å²) >= 11 is 0. The van der Waals surface area contributed by atoms with Crippen LogP contribution in [0.2, 0.25) is 0 Å². The molecule has 0 radical (unpaired) electrons. The predicted molar refractivity (Wildman–Crippen MR) is 233 cm³/mol. The first-order valence-electron chi connectivity index (χ1n) is 21.7. The fraction of sp³-hybridized carbons (Fsp3) is 0.511. The molecule has 0 saturated carbocycles. The minimum Gasteiger partial charge on any atom is -0.508 e. The third-order valence-electron chi connectivity index (χ3n) is 12.4.